The van der Waals surface area contributed by atoms with Crippen LogP contribution >= 0.6 is 11.6 Å². The summed E-state index contributed by atoms with van der Waals surface area (Å²) in [6.07, 6.45) is 0.914. The van der Waals surface area contributed by atoms with Gasteiger partial charge in [-0.3, -0.25) is 9.59 Å². The first-order chi connectivity index (χ1) is 12.0. The van der Waals surface area contributed by atoms with Crippen molar-refractivity contribution >= 4 is 34.7 Å². The number of anilines is 1. The van der Waals surface area contributed by atoms with Crippen molar-refractivity contribution in [2.24, 2.45) is 0 Å². The van der Waals surface area contributed by atoms with E-state index in [0.717, 1.165) is 22.6 Å². The zero-order valence-electron chi connectivity index (χ0n) is 14.1. The van der Waals surface area contributed by atoms with Gasteiger partial charge >= 0.3 is 0 Å². The number of carbonyl (C=O) groups is 2. The summed E-state index contributed by atoms with van der Waals surface area (Å²) in [5.41, 5.74) is 2.30. The number of amides is 2. The minimum absolute atomic E-state index is 0.0614. The van der Waals surface area contributed by atoms with Gasteiger partial charge in [0.25, 0.3) is 11.8 Å². The molecule has 1 aliphatic rings. The van der Waals surface area contributed by atoms with Crippen molar-refractivity contribution in [3.8, 4) is 5.75 Å². The molecule has 25 heavy (non-hydrogen) atoms. The van der Waals surface area contributed by atoms with Crippen LogP contribution in [0.25, 0.3) is 5.57 Å². The third kappa shape index (κ3) is 3.30. The molecule has 5 heteroatoms. The van der Waals surface area contributed by atoms with Crippen LogP contribution in [0.2, 0.25) is 0 Å². The second kappa shape index (κ2) is 7.11. The summed E-state index contributed by atoms with van der Waals surface area (Å²) in [7, 11) is 0. The fourth-order valence-electron chi connectivity index (χ4n) is 2.69. The molecule has 1 heterocycles. The molecule has 0 aliphatic carbocycles. The molecule has 0 bridgehead atoms. The highest BCUT2D eigenvalue weighted by atomic mass is 35.5. The van der Waals surface area contributed by atoms with Crippen molar-refractivity contribution in [3.63, 3.8) is 0 Å². The molecule has 0 fully saturated rings. The van der Waals surface area contributed by atoms with E-state index in [0.29, 0.717) is 17.9 Å². The summed E-state index contributed by atoms with van der Waals surface area (Å²) >= 11 is 6.20. The lowest BCUT2D eigenvalue weighted by Crippen LogP contribution is -2.31. The standard InChI is InChI=1S/C20H18ClNO3/c1-3-11-25-16-9-7-14(8-10-16)17-18(21)20(24)22(19(17)23)15-6-4-5-13(2)12-15/h4-10,12H,3,11H2,1-2H3. The summed E-state index contributed by atoms with van der Waals surface area (Å²) in [4.78, 5) is 26.5. The number of aryl methyl sites for hydroxylation is 1. The SMILES string of the molecule is CCCOc1ccc(C2=C(Cl)C(=O)N(c3cccc(C)c3)C2=O)cc1. The molecule has 0 aromatic heterocycles. The van der Waals surface area contributed by atoms with Gasteiger partial charge in [0.2, 0.25) is 0 Å². The monoisotopic (exact) mass is 355 g/mol. The average molecular weight is 356 g/mol. The molecule has 3 rings (SSSR count). The molecule has 0 atom stereocenters. The Morgan fingerprint density at radius 1 is 1.04 bits per heavy atom. The van der Waals surface area contributed by atoms with Crippen molar-refractivity contribution in [2.45, 2.75) is 20.3 Å². The highest BCUT2D eigenvalue weighted by Crippen LogP contribution is 2.35. The van der Waals surface area contributed by atoms with E-state index in [1.807, 2.05) is 19.9 Å². The highest BCUT2D eigenvalue weighted by molar-refractivity contribution is 6.60. The van der Waals surface area contributed by atoms with E-state index in [9.17, 15) is 9.59 Å². The minimum atomic E-state index is -0.501. The molecule has 0 saturated carbocycles. The van der Waals surface area contributed by atoms with Crippen LogP contribution in [0.5, 0.6) is 5.75 Å². The van der Waals surface area contributed by atoms with Crippen LogP contribution in [-0.2, 0) is 9.59 Å². The van der Waals surface area contributed by atoms with Crippen LogP contribution < -0.4 is 9.64 Å². The molecule has 0 saturated heterocycles. The number of imide groups is 1. The van der Waals surface area contributed by atoms with Gasteiger partial charge in [-0.15, -0.1) is 0 Å². The van der Waals surface area contributed by atoms with E-state index < -0.39 is 11.8 Å². The van der Waals surface area contributed by atoms with Gasteiger partial charge in [0.1, 0.15) is 10.8 Å². The minimum Gasteiger partial charge on any atom is -0.494 e. The van der Waals surface area contributed by atoms with Gasteiger partial charge in [0.05, 0.1) is 17.9 Å². The molecule has 1 aliphatic heterocycles. The first kappa shape index (κ1) is 17.2. The van der Waals surface area contributed by atoms with Crippen molar-refractivity contribution in [1.29, 1.82) is 0 Å². The molecule has 0 unspecified atom stereocenters. The molecule has 2 amide bonds. The lowest BCUT2D eigenvalue weighted by Gasteiger charge is -2.15. The van der Waals surface area contributed by atoms with Crippen LogP contribution in [0.15, 0.2) is 53.6 Å². The quantitative estimate of drug-likeness (QED) is 0.751. The zero-order chi connectivity index (χ0) is 18.0. The maximum absolute atomic E-state index is 12.8. The highest BCUT2D eigenvalue weighted by Gasteiger charge is 2.39. The summed E-state index contributed by atoms with van der Waals surface area (Å²) in [5, 5.41) is -0.0614. The largest absolute Gasteiger partial charge is 0.494 e. The van der Waals surface area contributed by atoms with Crippen LogP contribution in [0, 0.1) is 6.92 Å². The normalized spacial score (nSPS) is 14.4. The first-order valence-corrected chi connectivity index (χ1v) is 8.49. The number of hydrogen-bond donors (Lipinski definition) is 0. The molecule has 0 N–H and O–H groups in total. The van der Waals surface area contributed by atoms with Gasteiger partial charge in [-0.25, -0.2) is 4.90 Å². The second-order valence-electron chi connectivity index (χ2n) is 5.85. The molecule has 0 spiro atoms. The fourth-order valence-corrected chi connectivity index (χ4v) is 2.97. The Labute approximate surface area is 151 Å². The molecule has 2 aromatic rings. The maximum atomic E-state index is 12.8. The van der Waals surface area contributed by atoms with Crippen molar-refractivity contribution < 1.29 is 14.3 Å². The van der Waals surface area contributed by atoms with E-state index in [-0.39, 0.29) is 10.6 Å². The van der Waals surface area contributed by atoms with Crippen LogP contribution in [0.4, 0.5) is 5.69 Å². The average Bonchev–Trinajstić information content (AvgIpc) is 2.83. The fraction of sp³-hybridized carbons (Fsp3) is 0.200. The van der Waals surface area contributed by atoms with Gasteiger partial charge in [0, 0.05) is 0 Å². The summed E-state index contributed by atoms with van der Waals surface area (Å²) in [5.74, 6) is -0.198. The lowest BCUT2D eigenvalue weighted by atomic mass is 10.1. The van der Waals surface area contributed by atoms with E-state index in [4.69, 9.17) is 16.3 Å². The number of hydrogen-bond acceptors (Lipinski definition) is 3. The smallest absolute Gasteiger partial charge is 0.277 e. The van der Waals surface area contributed by atoms with Crippen LogP contribution in [0.3, 0.4) is 0 Å². The molecular formula is C20H18ClNO3. The van der Waals surface area contributed by atoms with Crippen molar-refractivity contribution in [2.75, 3.05) is 11.5 Å². The second-order valence-corrected chi connectivity index (χ2v) is 6.22. The third-order valence-electron chi connectivity index (χ3n) is 3.90. The number of nitrogens with zero attached hydrogens (tertiary/aromatic N) is 1. The molecule has 128 valence electrons. The first-order valence-electron chi connectivity index (χ1n) is 8.11. The summed E-state index contributed by atoms with van der Waals surface area (Å²) < 4.78 is 5.54. The van der Waals surface area contributed by atoms with Gasteiger partial charge in [-0.1, -0.05) is 42.8 Å². The van der Waals surface area contributed by atoms with E-state index in [1.54, 1.807) is 42.5 Å². The lowest BCUT2D eigenvalue weighted by molar-refractivity contribution is -0.119. The number of benzene rings is 2. The predicted molar refractivity (Wildman–Crippen MR) is 98.7 cm³/mol. The number of rotatable bonds is 5. The van der Waals surface area contributed by atoms with Crippen LogP contribution in [-0.4, -0.2) is 18.4 Å². The Hall–Kier alpha value is -2.59. The molecule has 0 radical (unpaired) electrons. The zero-order valence-corrected chi connectivity index (χ0v) is 14.8. The van der Waals surface area contributed by atoms with Crippen LogP contribution in [0.1, 0.15) is 24.5 Å². The predicted octanol–water partition coefficient (Wildman–Crippen LogP) is 4.31. The third-order valence-corrected chi connectivity index (χ3v) is 4.25. The molecular weight excluding hydrogens is 338 g/mol. The Bertz CT molecular complexity index is 855. The number of ether oxygens (including phenoxy) is 1. The summed E-state index contributed by atoms with van der Waals surface area (Å²) in [6, 6.07) is 14.2. The maximum Gasteiger partial charge on any atom is 0.277 e. The van der Waals surface area contributed by atoms with Gasteiger partial charge < -0.3 is 4.74 Å². The Balaban J connectivity index is 1.92. The topological polar surface area (TPSA) is 46.6 Å². The molecule has 2 aromatic carbocycles. The van der Waals surface area contributed by atoms with E-state index >= 15 is 0 Å². The Morgan fingerprint density at radius 2 is 1.76 bits per heavy atom. The van der Waals surface area contributed by atoms with Gasteiger partial charge in [0.15, 0.2) is 0 Å². The van der Waals surface area contributed by atoms with Gasteiger partial charge in [-0.05, 0) is 48.7 Å². The van der Waals surface area contributed by atoms with Crippen molar-refractivity contribution in [1.82, 2.24) is 0 Å². The molecule has 4 nitrogen and oxygen atoms in total. The number of carbonyl (C=O) groups excluding carboxylic acids is 2. The number of halogens is 1. The Morgan fingerprint density at radius 3 is 2.40 bits per heavy atom. The summed E-state index contributed by atoms with van der Waals surface area (Å²) in [6.45, 7) is 4.56. The van der Waals surface area contributed by atoms with Gasteiger partial charge in [-0.2, -0.15) is 0 Å². The van der Waals surface area contributed by atoms with Crippen molar-refractivity contribution in [3.05, 3.63) is 64.7 Å². The van der Waals surface area contributed by atoms with E-state index in [2.05, 4.69) is 0 Å². The Kier molecular flexibility index (Phi) is 4.91. The van der Waals surface area contributed by atoms with E-state index in [1.165, 1.54) is 0 Å².